The Balaban J connectivity index is 0.00000141. The van der Waals surface area contributed by atoms with E-state index in [0.717, 1.165) is 11.1 Å². The van der Waals surface area contributed by atoms with Crippen LogP contribution in [0.2, 0.25) is 0 Å². The number of hydrogen-bond donors (Lipinski definition) is 0. The van der Waals surface area contributed by atoms with Crippen LogP contribution in [0.5, 0.6) is 0 Å². The van der Waals surface area contributed by atoms with Crippen LogP contribution >= 0.6 is 0 Å². The van der Waals surface area contributed by atoms with Crippen molar-refractivity contribution in [3.8, 4) is 0 Å². The third-order valence-corrected chi connectivity index (χ3v) is 3.99. The Morgan fingerprint density at radius 1 is 1.27 bits per heavy atom. The molecule has 0 fully saturated rings. The van der Waals surface area contributed by atoms with Gasteiger partial charge in [-0.25, -0.2) is 9.79 Å². The first-order chi connectivity index (χ1) is 9.86. The quantitative estimate of drug-likeness (QED) is 0.582. The zero-order chi connectivity index (χ0) is 16.2. The summed E-state index contributed by atoms with van der Waals surface area (Å²) in [7, 11) is 0. The molecule has 1 heterocycles. The molecule has 1 radical (unpaired) electrons. The normalized spacial score (nSPS) is 21.3. The molecular formula is C18H26NO2Y-. The number of aliphatic imine (C=N–C) groups is 1. The topological polar surface area (TPSA) is 38.7 Å². The number of esters is 1. The largest absolute Gasteiger partial charge is 0.410 e. The van der Waals surface area contributed by atoms with Crippen LogP contribution < -0.4 is 0 Å². The number of benzene rings is 1. The van der Waals surface area contributed by atoms with Crippen molar-refractivity contribution in [2.24, 2.45) is 10.9 Å². The van der Waals surface area contributed by atoms with Gasteiger partial charge in [-0.15, -0.1) is 5.56 Å². The number of cyclic esters (lactones) is 1. The van der Waals surface area contributed by atoms with Crippen molar-refractivity contribution in [1.82, 2.24) is 0 Å². The second-order valence-electron chi connectivity index (χ2n) is 5.63. The number of rotatable bonds is 3. The van der Waals surface area contributed by atoms with Crippen LogP contribution in [-0.2, 0) is 42.2 Å². The standard InChI is InChI=1S/C16H20NO2.C2H6.Y/c1-10(2)16(5)15(18)19-14(17-16)12(4)13-9-7-6-8-11(13)3;1-2;/h6-8,10,12H,1-5H3;1-2H3;/q-1;;. The molecule has 1 aromatic carbocycles. The zero-order valence-electron chi connectivity index (χ0n) is 14.7. The summed E-state index contributed by atoms with van der Waals surface area (Å²) in [5, 5.41) is 0. The van der Waals surface area contributed by atoms with Crippen molar-refractivity contribution in [2.75, 3.05) is 0 Å². The first-order valence-corrected chi connectivity index (χ1v) is 7.65. The van der Waals surface area contributed by atoms with Gasteiger partial charge in [0.1, 0.15) is 0 Å². The van der Waals surface area contributed by atoms with E-state index in [0.29, 0.717) is 5.90 Å². The summed E-state index contributed by atoms with van der Waals surface area (Å²) in [5.41, 5.74) is 1.40. The van der Waals surface area contributed by atoms with Crippen molar-refractivity contribution < 1.29 is 42.2 Å². The molecule has 119 valence electrons. The molecule has 0 spiro atoms. The molecule has 3 nitrogen and oxygen atoms in total. The van der Waals surface area contributed by atoms with Gasteiger partial charge in [-0.3, -0.25) is 0 Å². The van der Waals surface area contributed by atoms with Gasteiger partial charge in [0.25, 0.3) is 0 Å². The van der Waals surface area contributed by atoms with E-state index in [4.69, 9.17) is 4.74 Å². The molecule has 0 amide bonds. The zero-order valence-corrected chi connectivity index (χ0v) is 17.6. The van der Waals surface area contributed by atoms with Gasteiger partial charge < -0.3 is 4.74 Å². The second kappa shape index (κ2) is 8.93. The van der Waals surface area contributed by atoms with Crippen molar-refractivity contribution in [2.45, 2.75) is 59.9 Å². The molecule has 2 atom stereocenters. The van der Waals surface area contributed by atoms with E-state index < -0.39 is 5.54 Å². The van der Waals surface area contributed by atoms with Crippen LogP contribution in [0, 0.1) is 18.9 Å². The van der Waals surface area contributed by atoms with E-state index in [1.807, 2.05) is 66.7 Å². The maximum atomic E-state index is 12.0. The van der Waals surface area contributed by atoms with Gasteiger partial charge in [-0.1, -0.05) is 41.5 Å². The molecule has 2 unspecified atom stereocenters. The molecule has 0 saturated heterocycles. The fourth-order valence-electron chi connectivity index (χ4n) is 2.17. The molecule has 1 aromatic rings. The molecule has 0 saturated carbocycles. The third-order valence-electron chi connectivity index (χ3n) is 3.99. The average Bonchev–Trinajstić information content (AvgIpc) is 2.78. The van der Waals surface area contributed by atoms with E-state index in [2.05, 4.69) is 11.1 Å². The van der Waals surface area contributed by atoms with Crippen LogP contribution in [0.3, 0.4) is 0 Å². The Labute approximate surface area is 159 Å². The van der Waals surface area contributed by atoms with E-state index in [1.54, 1.807) is 0 Å². The van der Waals surface area contributed by atoms with E-state index in [-0.39, 0.29) is 50.5 Å². The van der Waals surface area contributed by atoms with Crippen LogP contribution in [-0.4, -0.2) is 17.4 Å². The number of carbonyl (C=O) groups is 1. The minimum atomic E-state index is -0.758. The first-order valence-electron chi connectivity index (χ1n) is 7.65. The average molecular weight is 377 g/mol. The van der Waals surface area contributed by atoms with Gasteiger partial charge in [-0.05, 0) is 12.8 Å². The predicted molar refractivity (Wildman–Crippen MR) is 86.5 cm³/mol. The summed E-state index contributed by atoms with van der Waals surface area (Å²) in [4.78, 5) is 16.6. The Morgan fingerprint density at radius 3 is 2.32 bits per heavy atom. The molecule has 2 rings (SSSR count). The monoisotopic (exact) mass is 377 g/mol. The van der Waals surface area contributed by atoms with Gasteiger partial charge in [0.15, 0.2) is 11.4 Å². The van der Waals surface area contributed by atoms with Gasteiger partial charge in [-0.2, -0.15) is 29.8 Å². The number of aryl methyl sites for hydroxylation is 1. The van der Waals surface area contributed by atoms with E-state index >= 15 is 0 Å². The first kappa shape index (κ1) is 21.5. The summed E-state index contributed by atoms with van der Waals surface area (Å²) in [6.07, 6.45) is 0. The Hall–Kier alpha value is -0.536. The number of carbonyl (C=O) groups excluding carboxylic acids is 1. The number of ether oxygens (including phenoxy) is 1. The fraction of sp³-hybridized carbons (Fsp3) is 0.556. The molecule has 0 N–H and O–H groups in total. The molecule has 0 bridgehead atoms. The van der Waals surface area contributed by atoms with Crippen LogP contribution in [0.15, 0.2) is 23.2 Å². The molecule has 1 aliphatic heterocycles. The molecule has 1 aliphatic rings. The van der Waals surface area contributed by atoms with Crippen LogP contribution in [0.1, 0.15) is 58.6 Å². The van der Waals surface area contributed by atoms with Crippen LogP contribution in [0.25, 0.3) is 0 Å². The number of nitrogens with zero attached hydrogens (tertiary/aromatic N) is 1. The Kier molecular flexibility index (Phi) is 8.71. The van der Waals surface area contributed by atoms with Crippen molar-refractivity contribution in [3.63, 3.8) is 0 Å². The maximum Gasteiger partial charge on any atom is 0.340 e. The van der Waals surface area contributed by atoms with Gasteiger partial charge >= 0.3 is 5.97 Å². The van der Waals surface area contributed by atoms with Gasteiger partial charge in [0, 0.05) is 38.6 Å². The Morgan fingerprint density at radius 2 is 1.86 bits per heavy atom. The minimum Gasteiger partial charge on any atom is -0.410 e. The molecule has 22 heavy (non-hydrogen) atoms. The minimum absolute atomic E-state index is 0. The third kappa shape index (κ3) is 4.26. The summed E-state index contributed by atoms with van der Waals surface area (Å²) >= 11 is 0. The molecular weight excluding hydrogens is 351 g/mol. The van der Waals surface area contributed by atoms with Crippen molar-refractivity contribution >= 4 is 11.9 Å². The smallest absolute Gasteiger partial charge is 0.340 e. The Bertz CT molecular complexity index is 540. The summed E-state index contributed by atoms with van der Waals surface area (Å²) in [6.45, 7) is 13.8. The predicted octanol–water partition coefficient (Wildman–Crippen LogP) is 4.29. The second-order valence-corrected chi connectivity index (χ2v) is 5.63. The molecule has 0 aromatic heterocycles. The van der Waals surface area contributed by atoms with Crippen molar-refractivity contribution in [1.29, 1.82) is 0 Å². The van der Waals surface area contributed by atoms with E-state index in [9.17, 15) is 4.79 Å². The van der Waals surface area contributed by atoms with Crippen molar-refractivity contribution in [3.05, 3.63) is 35.4 Å². The van der Waals surface area contributed by atoms with Gasteiger partial charge in [0.2, 0.25) is 0 Å². The summed E-state index contributed by atoms with van der Waals surface area (Å²) in [5.74, 6) is 0.320. The number of hydrogen-bond acceptors (Lipinski definition) is 3. The van der Waals surface area contributed by atoms with Crippen LogP contribution in [0.4, 0.5) is 0 Å². The maximum absolute atomic E-state index is 12.0. The summed E-state index contributed by atoms with van der Waals surface area (Å²) in [6, 6.07) is 9.07. The molecule has 4 heteroatoms. The van der Waals surface area contributed by atoms with E-state index in [1.165, 1.54) is 0 Å². The SMILES string of the molecule is CC.Cc1ccc[c-]c1C(C)C1=NC(C)(C(C)C)C(=O)O1.[Y]. The summed E-state index contributed by atoms with van der Waals surface area (Å²) < 4.78 is 5.40. The molecule has 0 aliphatic carbocycles. The van der Waals surface area contributed by atoms with Gasteiger partial charge in [0.05, 0.1) is 0 Å². The fourth-order valence-corrected chi connectivity index (χ4v) is 2.17.